The summed E-state index contributed by atoms with van der Waals surface area (Å²) in [6.07, 6.45) is 5.89. The van der Waals surface area contributed by atoms with E-state index in [1.54, 1.807) is 0 Å². The summed E-state index contributed by atoms with van der Waals surface area (Å²) in [5.74, 6) is 1.53. The van der Waals surface area contributed by atoms with E-state index in [1.165, 1.54) is 44.8 Å². The van der Waals surface area contributed by atoms with Crippen molar-refractivity contribution in [3.05, 3.63) is 59.5 Å². The van der Waals surface area contributed by atoms with Crippen LogP contribution in [0.3, 0.4) is 0 Å². The largest absolute Gasteiger partial charge is 0.316 e. The Morgan fingerprint density at radius 3 is 2.73 bits per heavy atom. The molecule has 3 nitrogen and oxygen atoms in total. The maximum atomic E-state index is 5.06. The Labute approximate surface area is 158 Å². The predicted octanol–water partition coefficient (Wildman–Crippen LogP) is 4.74. The fourth-order valence-corrected chi connectivity index (χ4v) is 5.09. The molecule has 0 spiro atoms. The first-order chi connectivity index (χ1) is 12.9. The molecule has 1 aliphatic carbocycles. The number of nitrogens with one attached hydrogen (secondary N) is 1. The van der Waals surface area contributed by atoms with E-state index in [4.69, 9.17) is 9.97 Å². The summed E-state index contributed by atoms with van der Waals surface area (Å²) in [5, 5.41) is 7.22. The second-order valence-electron chi connectivity index (χ2n) is 7.32. The van der Waals surface area contributed by atoms with Gasteiger partial charge in [0.25, 0.3) is 0 Å². The van der Waals surface area contributed by atoms with E-state index < -0.39 is 0 Å². The first-order valence-corrected chi connectivity index (χ1v) is 10.5. The monoisotopic (exact) mass is 361 g/mol. The number of hydrogen-bond donors (Lipinski definition) is 1. The Kier molecular flexibility index (Phi) is 4.39. The van der Waals surface area contributed by atoms with Crippen LogP contribution < -0.4 is 5.32 Å². The third kappa shape index (κ3) is 3.12. The van der Waals surface area contributed by atoms with Gasteiger partial charge in [0.1, 0.15) is 10.9 Å². The third-order valence-electron chi connectivity index (χ3n) is 5.52. The van der Waals surface area contributed by atoms with Crippen LogP contribution in [0.25, 0.3) is 10.8 Å². The van der Waals surface area contributed by atoms with Gasteiger partial charge in [-0.05, 0) is 61.6 Å². The van der Waals surface area contributed by atoms with Crippen LogP contribution in [0.1, 0.15) is 42.3 Å². The van der Waals surface area contributed by atoms with Gasteiger partial charge in [0.15, 0.2) is 0 Å². The zero-order valence-corrected chi connectivity index (χ0v) is 15.7. The smallest absolute Gasteiger partial charge is 0.134 e. The lowest BCUT2D eigenvalue weighted by Crippen LogP contribution is -2.15. The van der Waals surface area contributed by atoms with Crippen LogP contribution >= 0.6 is 11.8 Å². The number of benzene rings is 2. The maximum Gasteiger partial charge on any atom is 0.134 e. The predicted molar refractivity (Wildman–Crippen MR) is 107 cm³/mol. The van der Waals surface area contributed by atoms with Gasteiger partial charge in [-0.25, -0.2) is 9.97 Å². The van der Waals surface area contributed by atoms with Crippen LogP contribution in [0, 0.1) is 0 Å². The number of aryl methyl sites for hydroxylation is 1. The number of rotatable bonds is 3. The number of fused-ring (bicyclic) bond motifs is 2. The van der Waals surface area contributed by atoms with Crippen molar-refractivity contribution in [2.24, 2.45) is 0 Å². The van der Waals surface area contributed by atoms with Crippen LogP contribution in [-0.4, -0.2) is 23.1 Å². The minimum Gasteiger partial charge on any atom is -0.316 e. The molecule has 0 amide bonds. The van der Waals surface area contributed by atoms with Crippen LogP contribution in [0.4, 0.5) is 0 Å². The molecule has 1 unspecified atom stereocenters. The van der Waals surface area contributed by atoms with Crippen molar-refractivity contribution in [2.45, 2.75) is 47.9 Å². The molecule has 4 heteroatoms. The van der Waals surface area contributed by atoms with E-state index >= 15 is 0 Å². The highest BCUT2D eigenvalue weighted by Crippen LogP contribution is 2.36. The average molecular weight is 362 g/mol. The lowest BCUT2D eigenvalue weighted by molar-refractivity contribution is 0.611. The zero-order chi connectivity index (χ0) is 17.3. The minimum atomic E-state index is 0.471. The molecule has 2 aromatic carbocycles. The highest BCUT2D eigenvalue weighted by molar-refractivity contribution is 7.99. The third-order valence-corrected chi connectivity index (χ3v) is 6.54. The van der Waals surface area contributed by atoms with Crippen molar-refractivity contribution < 1.29 is 0 Å². The molecule has 5 rings (SSSR count). The van der Waals surface area contributed by atoms with Gasteiger partial charge in [-0.2, -0.15) is 0 Å². The molecule has 1 aliphatic heterocycles. The van der Waals surface area contributed by atoms with Gasteiger partial charge >= 0.3 is 0 Å². The summed E-state index contributed by atoms with van der Waals surface area (Å²) in [6.45, 7) is 2.09. The fraction of sp³-hybridized carbons (Fsp3) is 0.364. The zero-order valence-electron chi connectivity index (χ0n) is 14.9. The van der Waals surface area contributed by atoms with E-state index in [0.29, 0.717) is 5.92 Å². The minimum absolute atomic E-state index is 0.471. The Morgan fingerprint density at radius 2 is 1.85 bits per heavy atom. The molecule has 1 saturated heterocycles. The van der Waals surface area contributed by atoms with E-state index in [9.17, 15) is 0 Å². The van der Waals surface area contributed by atoms with Gasteiger partial charge in [-0.15, -0.1) is 0 Å². The fourth-order valence-electron chi connectivity index (χ4n) is 4.06. The van der Waals surface area contributed by atoms with Gasteiger partial charge in [0.2, 0.25) is 0 Å². The molecule has 132 valence electrons. The Hall–Kier alpha value is -1.91. The second-order valence-corrected chi connectivity index (χ2v) is 8.38. The van der Waals surface area contributed by atoms with Crippen molar-refractivity contribution in [1.82, 2.24) is 15.3 Å². The van der Waals surface area contributed by atoms with E-state index in [1.807, 2.05) is 11.8 Å². The second kappa shape index (κ2) is 7.01. The lowest BCUT2D eigenvalue weighted by Gasteiger charge is -2.20. The van der Waals surface area contributed by atoms with Crippen LogP contribution in [0.15, 0.2) is 52.4 Å². The van der Waals surface area contributed by atoms with Gasteiger partial charge < -0.3 is 5.32 Å². The van der Waals surface area contributed by atoms with Gasteiger partial charge in [-0.3, -0.25) is 0 Å². The summed E-state index contributed by atoms with van der Waals surface area (Å²) in [7, 11) is 0. The van der Waals surface area contributed by atoms with Crippen LogP contribution in [-0.2, 0) is 12.8 Å². The molecule has 1 N–H and O–H groups in total. The van der Waals surface area contributed by atoms with Crippen molar-refractivity contribution in [1.29, 1.82) is 0 Å². The molecule has 0 saturated carbocycles. The summed E-state index contributed by atoms with van der Waals surface area (Å²) >= 11 is 1.82. The van der Waals surface area contributed by atoms with Crippen molar-refractivity contribution >= 4 is 22.5 Å². The molecule has 0 radical (unpaired) electrons. The number of hydrogen-bond acceptors (Lipinski definition) is 4. The van der Waals surface area contributed by atoms with Gasteiger partial charge in [0, 0.05) is 28.6 Å². The summed E-state index contributed by atoms with van der Waals surface area (Å²) in [5.41, 5.74) is 2.69. The SMILES string of the molecule is c1ccc2cc(Sc3nc(C4CCNC4)nc4c3CCCC4)ccc2c1. The molecule has 1 atom stereocenters. The van der Waals surface area contributed by atoms with Crippen molar-refractivity contribution in [3.63, 3.8) is 0 Å². The number of aromatic nitrogens is 2. The molecule has 26 heavy (non-hydrogen) atoms. The lowest BCUT2D eigenvalue weighted by atomic mass is 9.97. The molecular weight excluding hydrogens is 338 g/mol. The molecular formula is C22H23N3S. The molecule has 1 fully saturated rings. The highest BCUT2D eigenvalue weighted by Gasteiger charge is 2.24. The first-order valence-electron chi connectivity index (χ1n) is 9.64. The molecule has 0 bridgehead atoms. The number of nitrogens with zero attached hydrogens (tertiary/aromatic N) is 2. The molecule has 1 aromatic heterocycles. The van der Waals surface area contributed by atoms with Gasteiger partial charge in [0.05, 0.1) is 0 Å². The van der Waals surface area contributed by atoms with Crippen molar-refractivity contribution in [2.75, 3.05) is 13.1 Å². The van der Waals surface area contributed by atoms with Crippen molar-refractivity contribution in [3.8, 4) is 0 Å². The molecule has 2 aliphatic rings. The maximum absolute atomic E-state index is 5.06. The molecule has 2 heterocycles. The van der Waals surface area contributed by atoms with E-state index in [-0.39, 0.29) is 0 Å². The Bertz CT molecular complexity index is 947. The van der Waals surface area contributed by atoms with Crippen LogP contribution in [0.5, 0.6) is 0 Å². The summed E-state index contributed by atoms with van der Waals surface area (Å²) in [6, 6.07) is 15.3. The topological polar surface area (TPSA) is 37.8 Å². The Morgan fingerprint density at radius 1 is 0.962 bits per heavy atom. The summed E-state index contributed by atoms with van der Waals surface area (Å²) < 4.78 is 0. The normalized spacial score (nSPS) is 19.6. The van der Waals surface area contributed by atoms with Crippen LogP contribution in [0.2, 0.25) is 0 Å². The Balaban J connectivity index is 1.54. The van der Waals surface area contributed by atoms with E-state index in [0.717, 1.165) is 38.2 Å². The first kappa shape index (κ1) is 16.3. The molecule has 3 aromatic rings. The average Bonchev–Trinajstić information content (AvgIpc) is 3.23. The quantitative estimate of drug-likeness (QED) is 0.684. The van der Waals surface area contributed by atoms with E-state index in [2.05, 4.69) is 47.8 Å². The summed E-state index contributed by atoms with van der Waals surface area (Å²) in [4.78, 5) is 11.3. The standard InChI is InChI=1S/C22H23N3S/c1-2-6-16-13-18(10-9-15(16)5-1)26-22-19-7-3-4-8-20(19)24-21(25-22)17-11-12-23-14-17/h1-2,5-6,9-10,13,17,23H,3-4,7-8,11-12,14H2. The highest BCUT2D eigenvalue weighted by atomic mass is 32.2. The van der Waals surface area contributed by atoms with Gasteiger partial charge in [-0.1, -0.05) is 42.1 Å².